The van der Waals surface area contributed by atoms with E-state index in [1.54, 1.807) is 24.3 Å². The van der Waals surface area contributed by atoms with Crippen LogP contribution in [0.3, 0.4) is 0 Å². The number of carbonyl (C=O) groups excluding carboxylic acids is 1. The molecule has 0 saturated heterocycles. The summed E-state index contributed by atoms with van der Waals surface area (Å²) in [5, 5.41) is 9.05. The molecule has 0 radical (unpaired) electrons. The second-order valence-corrected chi connectivity index (χ2v) is 3.29. The van der Waals surface area contributed by atoms with Crippen molar-refractivity contribution in [2.45, 2.75) is 13.3 Å². The van der Waals surface area contributed by atoms with Gasteiger partial charge in [0, 0.05) is 0 Å². The molecule has 1 aromatic rings. The molecule has 1 atom stereocenters. The zero-order valence-electron chi connectivity index (χ0n) is 8.36. The van der Waals surface area contributed by atoms with E-state index < -0.39 is 0 Å². The lowest BCUT2D eigenvalue weighted by molar-refractivity contribution is -0.144. The molecule has 1 unspecified atom stereocenters. The molecular formula is C11H14O3. The van der Waals surface area contributed by atoms with Crippen molar-refractivity contribution < 1.29 is 14.6 Å². The molecular weight excluding hydrogens is 180 g/mol. The second kappa shape index (κ2) is 4.65. The highest BCUT2D eigenvalue weighted by Gasteiger charge is 2.13. The number of phenols is 1. The molecule has 0 aliphatic heterocycles. The number of methoxy groups -OCH3 is 1. The van der Waals surface area contributed by atoms with Gasteiger partial charge in [-0.3, -0.25) is 4.79 Å². The van der Waals surface area contributed by atoms with E-state index in [2.05, 4.69) is 4.74 Å². The number of rotatable bonds is 3. The topological polar surface area (TPSA) is 46.5 Å². The summed E-state index contributed by atoms with van der Waals surface area (Å²) < 4.78 is 4.62. The van der Waals surface area contributed by atoms with Crippen LogP contribution in [-0.2, 0) is 16.0 Å². The minimum Gasteiger partial charge on any atom is -0.508 e. The van der Waals surface area contributed by atoms with Gasteiger partial charge in [-0.05, 0) is 24.1 Å². The number of hydrogen-bond donors (Lipinski definition) is 1. The molecule has 76 valence electrons. The normalized spacial score (nSPS) is 12.1. The third kappa shape index (κ3) is 2.76. The fourth-order valence-corrected chi connectivity index (χ4v) is 1.27. The quantitative estimate of drug-likeness (QED) is 0.745. The Balaban J connectivity index is 2.60. The van der Waals surface area contributed by atoms with Crippen LogP contribution in [0.25, 0.3) is 0 Å². The molecule has 0 heterocycles. The SMILES string of the molecule is COC(=O)C(C)Cc1ccc(O)cc1. The predicted molar refractivity (Wildman–Crippen MR) is 53.0 cm³/mol. The highest BCUT2D eigenvalue weighted by atomic mass is 16.5. The van der Waals surface area contributed by atoms with Gasteiger partial charge in [0.25, 0.3) is 0 Å². The van der Waals surface area contributed by atoms with Crippen LogP contribution < -0.4 is 0 Å². The minimum absolute atomic E-state index is 0.149. The van der Waals surface area contributed by atoms with Crippen LogP contribution in [-0.4, -0.2) is 18.2 Å². The number of benzene rings is 1. The molecule has 0 spiro atoms. The maximum Gasteiger partial charge on any atom is 0.308 e. The summed E-state index contributed by atoms with van der Waals surface area (Å²) in [7, 11) is 1.38. The Hall–Kier alpha value is -1.51. The molecule has 0 saturated carbocycles. The number of phenolic OH excluding ortho intramolecular Hbond substituents is 1. The fraction of sp³-hybridized carbons (Fsp3) is 0.364. The summed E-state index contributed by atoms with van der Waals surface area (Å²) in [6.07, 6.45) is 0.632. The van der Waals surface area contributed by atoms with E-state index in [4.69, 9.17) is 5.11 Å². The molecule has 0 amide bonds. The van der Waals surface area contributed by atoms with E-state index in [1.807, 2.05) is 6.92 Å². The minimum atomic E-state index is -0.210. The Morgan fingerprint density at radius 3 is 2.50 bits per heavy atom. The van der Waals surface area contributed by atoms with Gasteiger partial charge >= 0.3 is 5.97 Å². The standard InChI is InChI=1S/C11H14O3/c1-8(11(13)14-2)7-9-3-5-10(12)6-4-9/h3-6,8,12H,7H2,1-2H3. The summed E-state index contributed by atoms with van der Waals surface area (Å²) in [6.45, 7) is 1.82. The van der Waals surface area contributed by atoms with Crippen molar-refractivity contribution in [3.8, 4) is 5.75 Å². The molecule has 3 heteroatoms. The maximum absolute atomic E-state index is 11.1. The molecule has 14 heavy (non-hydrogen) atoms. The molecule has 0 aromatic heterocycles. The number of ether oxygens (including phenoxy) is 1. The molecule has 1 aromatic carbocycles. The first-order valence-corrected chi connectivity index (χ1v) is 4.49. The third-order valence-electron chi connectivity index (χ3n) is 2.08. The summed E-state index contributed by atoms with van der Waals surface area (Å²) in [5.74, 6) is -0.123. The van der Waals surface area contributed by atoms with E-state index in [0.717, 1.165) is 5.56 Å². The first kappa shape index (κ1) is 10.6. The van der Waals surface area contributed by atoms with E-state index in [9.17, 15) is 4.79 Å². The van der Waals surface area contributed by atoms with E-state index in [-0.39, 0.29) is 17.6 Å². The van der Waals surface area contributed by atoms with Crippen molar-refractivity contribution in [1.29, 1.82) is 0 Å². The Morgan fingerprint density at radius 1 is 1.43 bits per heavy atom. The van der Waals surface area contributed by atoms with Gasteiger partial charge in [0.05, 0.1) is 13.0 Å². The van der Waals surface area contributed by atoms with Gasteiger partial charge in [-0.2, -0.15) is 0 Å². The number of aromatic hydroxyl groups is 1. The Bertz CT molecular complexity index is 303. The summed E-state index contributed by atoms with van der Waals surface area (Å²) in [5.41, 5.74) is 1.01. The number of carbonyl (C=O) groups is 1. The van der Waals surface area contributed by atoms with Crippen LogP contribution in [0.4, 0.5) is 0 Å². The van der Waals surface area contributed by atoms with Crippen LogP contribution >= 0.6 is 0 Å². The van der Waals surface area contributed by atoms with Crippen LogP contribution in [0, 0.1) is 5.92 Å². The first-order chi connectivity index (χ1) is 6.63. The number of esters is 1. The van der Waals surface area contributed by atoms with Crippen molar-refractivity contribution in [3.05, 3.63) is 29.8 Å². The van der Waals surface area contributed by atoms with Crippen molar-refractivity contribution in [2.75, 3.05) is 7.11 Å². The zero-order valence-corrected chi connectivity index (χ0v) is 8.36. The van der Waals surface area contributed by atoms with Crippen molar-refractivity contribution >= 4 is 5.97 Å². The van der Waals surface area contributed by atoms with Crippen LogP contribution in [0.15, 0.2) is 24.3 Å². The third-order valence-corrected chi connectivity index (χ3v) is 2.08. The first-order valence-electron chi connectivity index (χ1n) is 4.49. The molecule has 0 aliphatic carbocycles. The summed E-state index contributed by atoms with van der Waals surface area (Å²) in [6, 6.07) is 6.82. The van der Waals surface area contributed by atoms with Crippen LogP contribution in [0.2, 0.25) is 0 Å². The Kier molecular flexibility index (Phi) is 3.51. The highest BCUT2D eigenvalue weighted by molar-refractivity contribution is 5.72. The predicted octanol–water partition coefficient (Wildman–Crippen LogP) is 1.74. The molecule has 3 nitrogen and oxygen atoms in total. The van der Waals surface area contributed by atoms with Gasteiger partial charge in [0.1, 0.15) is 5.75 Å². The monoisotopic (exact) mass is 194 g/mol. The molecule has 1 N–H and O–H groups in total. The van der Waals surface area contributed by atoms with Crippen molar-refractivity contribution in [3.63, 3.8) is 0 Å². The Labute approximate surface area is 83.3 Å². The second-order valence-electron chi connectivity index (χ2n) is 3.29. The Morgan fingerprint density at radius 2 is 2.00 bits per heavy atom. The molecule has 1 rings (SSSR count). The van der Waals surface area contributed by atoms with E-state index >= 15 is 0 Å². The van der Waals surface area contributed by atoms with Gasteiger partial charge in [0.2, 0.25) is 0 Å². The van der Waals surface area contributed by atoms with Crippen LogP contribution in [0.5, 0.6) is 5.75 Å². The average molecular weight is 194 g/mol. The summed E-state index contributed by atoms with van der Waals surface area (Å²) >= 11 is 0. The van der Waals surface area contributed by atoms with Crippen molar-refractivity contribution in [1.82, 2.24) is 0 Å². The van der Waals surface area contributed by atoms with Gasteiger partial charge in [-0.15, -0.1) is 0 Å². The van der Waals surface area contributed by atoms with Gasteiger partial charge in [0.15, 0.2) is 0 Å². The highest BCUT2D eigenvalue weighted by Crippen LogP contribution is 2.14. The summed E-state index contributed by atoms with van der Waals surface area (Å²) in [4.78, 5) is 11.1. The maximum atomic E-state index is 11.1. The van der Waals surface area contributed by atoms with Gasteiger partial charge in [-0.25, -0.2) is 0 Å². The molecule has 0 fully saturated rings. The van der Waals surface area contributed by atoms with Crippen LogP contribution in [0.1, 0.15) is 12.5 Å². The fourth-order valence-electron chi connectivity index (χ4n) is 1.27. The zero-order chi connectivity index (χ0) is 10.6. The molecule has 0 bridgehead atoms. The molecule has 0 aliphatic rings. The van der Waals surface area contributed by atoms with Crippen molar-refractivity contribution in [2.24, 2.45) is 5.92 Å². The average Bonchev–Trinajstić information content (AvgIpc) is 2.20. The van der Waals surface area contributed by atoms with E-state index in [1.165, 1.54) is 7.11 Å². The smallest absolute Gasteiger partial charge is 0.308 e. The lowest BCUT2D eigenvalue weighted by Crippen LogP contribution is -2.14. The lowest BCUT2D eigenvalue weighted by atomic mass is 10.0. The number of hydrogen-bond acceptors (Lipinski definition) is 3. The lowest BCUT2D eigenvalue weighted by Gasteiger charge is -2.08. The largest absolute Gasteiger partial charge is 0.508 e. The van der Waals surface area contributed by atoms with E-state index in [0.29, 0.717) is 6.42 Å². The van der Waals surface area contributed by atoms with Gasteiger partial charge in [-0.1, -0.05) is 19.1 Å². The van der Waals surface area contributed by atoms with Gasteiger partial charge < -0.3 is 9.84 Å².